The van der Waals surface area contributed by atoms with Gasteiger partial charge in [-0.15, -0.1) is 0 Å². The predicted octanol–water partition coefficient (Wildman–Crippen LogP) is 1.89. The second-order valence-corrected chi connectivity index (χ2v) is 7.40. The SMILES string of the molecule is CCNC(=NCc1ccnc(N2CCCC2)c1)N1CC(C)C(C(=O)OC)C1. The topological polar surface area (TPSA) is 70.1 Å². The summed E-state index contributed by atoms with van der Waals surface area (Å²) >= 11 is 0. The zero-order chi connectivity index (χ0) is 19.2. The third-order valence-corrected chi connectivity index (χ3v) is 5.40. The molecule has 0 bridgehead atoms. The molecule has 148 valence electrons. The molecule has 3 rings (SSSR count). The van der Waals surface area contributed by atoms with Crippen LogP contribution in [0.2, 0.25) is 0 Å². The number of aromatic nitrogens is 1. The minimum atomic E-state index is -0.134. The van der Waals surface area contributed by atoms with Crippen molar-refractivity contribution in [1.29, 1.82) is 0 Å². The van der Waals surface area contributed by atoms with Gasteiger partial charge in [0.15, 0.2) is 5.96 Å². The molecule has 2 saturated heterocycles. The third-order valence-electron chi connectivity index (χ3n) is 5.40. The second kappa shape index (κ2) is 9.06. The minimum absolute atomic E-state index is 0.0958. The summed E-state index contributed by atoms with van der Waals surface area (Å²) in [6.45, 7) is 9.17. The van der Waals surface area contributed by atoms with Gasteiger partial charge in [-0.05, 0) is 43.4 Å². The van der Waals surface area contributed by atoms with Gasteiger partial charge >= 0.3 is 5.97 Å². The van der Waals surface area contributed by atoms with Crippen LogP contribution in [0.5, 0.6) is 0 Å². The Morgan fingerprint density at radius 2 is 2.15 bits per heavy atom. The van der Waals surface area contributed by atoms with E-state index in [2.05, 4.69) is 40.0 Å². The number of methoxy groups -OCH3 is 1. The number of pyridine rings is 1. The van der Waals surface area contributed by atoms with Crippen LogP contribution in [0.4, 0.5) is 5.82 Å². The third kappa shape index (κ3) is 4.70. The van der Waals surface area contributed by atoms with E-state index in [1.54, 1.807) is 0 Å². The highest BCUT2D eigenvalue weighted by molar-refractivity contribution is 5.82. The highest BCUT2D eigenvalue weighted by Gasteiger charge is 2.36. The van der Waals surface area contributed by atoms with Crippen molar-refractivity contribution in [3.63, 3.8) is 0 Å². The Hall–Kier alpha value is -2.31. The van der Waals surface area contributed by atoms with Gasteiger partial charge in [-0.2, -0.15) is 0 Å². The standard InChI is InChI=1S/C20H31N5O2/c1-4-21-20(25-13-15(2)17(14-25)19(26)27-3)23-12-16-7-8-22-18(11-16)24-9-5-6-10-24/h7-8,11,15,17H,4-6,9-10,12-14H2,1-3H3,(H,21,23). The van der Waals surface area contributed by atoms with E-state index in [4.69, 9.17) is 9.73 Å². The first-order valence-corrected chi connectivity index (χ1v) is 9.93. The number of carbonyl (C=O) groups is 1. The van der Waals surface area contributed by atoms with Gasteiger partial charge in [0, 0.05) is 38.9 Å². The zero-order valence-corrected chi connectivity index (χ0v) is 16.6. The van der Waals surface area contributed by atoms with Crippen LogP contribution >= 0.6 is 0 Å². The molecule has 1 aromatic rings. The normalized spacial score (nSPS) is 23.0. The van der Waals surface area contributed by atoms with Gasteiger partial charge in [-0.25, -0.2) is 9.98 Å². The molecule has 2 unspecified atom stereocenters. The van der Waals surface area contributed by atoms with Gasteiger partial charge in [0.05, 0.1) is 19.6 Å². The first kappa shape index (κ1) is 19.5. The van der Waals surface area contributed by atoms with Crippen molar-refractivity contribution in [2.75, 3.05) is 44.7 Å². The largest absolute Gasteiger partial charge is 0.469 e. The molecule has 7 nitrogen and oxygen atoms in total. The molecule has 0 aromatic carbocycles. The van der Waals surface area contributed by atoms with Crippen LogP contribution in [0.1, 0.15) is 32.3 Å². The number of rotatable bonds is 5. The fourth-order valence-corrected chi connectivity index (χ4v) is 3.87. The van der Waals surface area contributed by atoms with E-state index in [1.165, 1.54) is 20.0 Å². The van der Waals surface area contributed by atoms with Gasteiger partial charge in [-0.3, -0.25) is 4.79 Å². The van der Waals surface area contributed by atoms with Crippen molar-refractivity contribution in [2.45, 2.75) is 33.2 Å². The Kier molecular flexibility index (Phi) is 6.53. The molecule has 0 spiro atoms. The first-order valence-electron chi connectivity index (χ1n) is 9.93. The Balaban J connectivity index is 1.69. The lowest BCUT2D eigenvalue weighted by atomic mass is 9.99. The molecule has 0 saturated carbocycles. The maximum absolute atomic E-state index is 12.0. The number of carbonyl (C=O) groups excluding carboxylic acids is 1. The summed E-state index contributed by atoms with van der Waals surface area (Å²) in [4.78, 5) is 25.8. The fraction of sp³-hybridized carbons (Fsp3) is 0.650. The van der Waals surface area contributed by atoms with E-state index in [1.807, 2.05) is 12.3 Å². The van der Waals surface area contributed by atoms with Crippen LogP contribution in [0, 0.1) is 11.8 Å². The Morgan fingerprint density at radius 1 is 1.37 bits per heavy atom. The molecule has 2 fully saturated rings. The van der Waals surface area contributed by atoms with E-state index in [9.17, 15) is 4.79 Å². The van der Waals surface area contributed by atoms with E-state index in [0.29, 0.717) is 13.1 Å². The molecular weight excluding hydrogens is 342 g/mol. The van der Waals surface area contributed by atoms with E-state index in [0.717, 1.165) is 43.5 Å². The average Bonchev–Trinajstić information content (AvgIpc) is 3.35. The number of aliphatic imine (C=N–C) groups is 1. The summed E-state index contributed by atoms with van der Waals surface area (Å²) in [5.41, 5.74) is 1.15. The quantitative estimate of drug-likeness (QED) is 0.483. The molecule has 2 aliphatic heterocycles. The zero-order valence-electron chi connectivity index (χ0n) is 16.6. The van der Waals surface area contributed by atoms with Crippen LogP contribution in [0.15, 0.2) is 23.3 Å². The lowest BCUT2D eigenvalue weighted by molar-refractivity contribution is -0.145. The van der Waals surface area contributed by atoms with Crippen LogP contribution in [-0.2, 0) is 16.1 Å². The smallest absolute Gasteiger partial charge is 0.310 e. The van der Waals surface area contributed by atoms with Crippen LogP contribution in [-0.4, -0.2) is 61.6 Å². The molecular formula is C20H31N5O2. The predicted molar refractivity (Wildman–Crippen MR) is 107 cm³/mol. The highest BCUT2D eigenvalue weighted by atomic mass is 16.5. The number of esters is 1. The summed E-state index contributed by atoms with van der Waals surface area (Å²) in [6, 6.07) is 4.17. The van der Waals surface area contributed by atoms with Crippen molar-refractivity contribution in [3.05, 3.63) is 23.9 Å². The number of nitrogens with one attached hydrogen (secondary N) is 1. The van der Waals surface area contributed by atoms with Crippen molar-refractivity contribution < 1.29 is 9.53 Å². The Morgan fingerprint density at radius 3 is 2.85 bits per heavy atom. The summed E-state index contributed by atoms with van der Waals surface area (Å²) < 4.78 is 4.95. The number of ether oxygens (including phenoxy) is 1. The molecule has 27 heavy (non-hydrogen) atoms. The van der Waals surface area contributed by atoms with Crippen LogP contribution < -0.4 is 10.2 Å². The number of likely N-dealkylation sites (tertiary alicyclic amines) is 1. The van der Waals surface area contributed by atoms with Gasteiger partial charge in [0.1, 0.15) is 5.82 Å². The fourth-order valence-electron chi connectivity index (χ4n) is 3.87. The lowest BCUT2D eigenvalue weighted by Gasteiger charge is -2.21. The lowest BCUT2D eigenvalue weighted by Crippen LogP contribution is -2.40. The number of anilines is 1. The Labute approximate surface area is 161 Å². The second-order valence-electron chi connectivity index (χ2n) is 7.40. The molecule has 2 aliphatic rings. The van der Waals surface area contributed by atoms with E-state index < -0.39 is 0 Å². The summed E-state index contributed by atoms with van der Waals surface area (Å²) in [5, 5.41) is 3.36. The molecule has 1 N–H and O–H groups in total. The van der Waals surface area contributed by atoms with Crippen molar-refractivity contribution in [1.82, 2.24) is 15.2 Å². The van der Waals surface area contributed by atoms with Gasteiger partial charge < -0.3 is 19.9 Å². The molecule has 0 radical (unpaired) electrons. The highest BCUT2D eigenvalue weighted by Crippen LogP contribution is 2.24. The number of nitrogens with zero attached hydrogens (tertiary/aromatic N) is 4. The first-order chi connectivity index (χ1) is 13.1. The monoisotopic (exact) mass is 373 g/mol. The Bertz CT molecular complexity index is 672. The number of hydrogen-bond acceptors (Lipinski definition) is 5. The number of hydrogen-bond donors (Lipinski definition) is 1. The summed E-state index contributed by atoms with van der Waals surface area (Å²) in [5.74, 6) is 1.93. The van der Waals surface area contributed by atoms with Gasteiger partial charge in [-0.1, -0.05) is 6.92 Å². The van der Waals surface area contributed by atoms with Crippen molar-refractivity contribution in [2.24, 2.45) is 16.8 Å². The molecule has 3 heterocycles. The average molecular weight is 374 g/mol. The minimum Gasteiger partial charge on any atom is -0.469 e. The molecule has 7 heteroatoms. The van der Waals surface area contributed by atoms with Crippen molar-refractivity contribution in [3.8, 4) is 0 Å². The molecule has 0 aliphatic carbocycles. The maximum Gasteiger partial charge on any atom is 0.310 e. The maximum atomic E-state index is 12.0. The molecule has 2 atom stereocenters. The summed E-state index contributed by atoms with van der Waals surface area (Å²) in [6.07, 6.45) is 4.35. The van der Waals surface area contributed by atoms with Gasteiger partial charge in [0.2, 0.25) is 0 Å². The molecule has 1 aromatic heterocycles. The molecule has 0 amide bonds. The van der Waals surface area contributed by atoms with E-state index >= 15 is 0 Å². The van der Waals surface area contributed by atoms with Crippen LogP contribution in [0.25, 0.3) is 0 Å². The van der Waals surface area contributed by atoms with E-state index in [-0.39, 0.29) is 17.8 Å². The summed E-state index contributed by atoms with van der Waals surface area (Å²) in [7, 11) is 1.46. The van der Waals surface area contributed by atoms with Crippen molar-refractivity contribution >= 4 is 17.7 Å². The van der Waals surface area contributed by atoms with Crippen LogP contribution in [0.3, 0.4) is 0 Å². The number of guanidine groups is 1. The van der Waals surface area contributed by atoms with Gasteiger partial charge in [0.25, 0.3) is 0 Å².